The molecule has 4 unspecified atom stereocenters. The molecule has 2 amide bonds. The minimum Gasteiger partial charge on any atom is -0.388 e. The number of nitrogens with one attached hydrogen (secondary N) is 1. The number of rotatable bonds is 4. The predicted octanol–water partition coefficient (Wildman–Crippen LogP) is 0.627. The highest BCUT2D eigenvalue weighted by Crippen LogP contribution is 2.39. The molecule has 1 saturated heterocycles. The molecule has 0 aromatic rings. The molecule has 0 bridgehead atoms. The third kappa shape index (κ3) is 3.63. The molecule has 0 saturated carbocycles. The number of hydrogen-bond acceptors (Lipinski definition) is 4. The van der Waals surface area contributed by atoms with E-state index in [-0.39, 0.29) is 6.03 Å². The van der Waals surface area contributed by atoms with Gasteiger partial charge in [0, 0.05) is 24.5 Å². The smallest absolute Gasteiger partial charge is 0.325 e. The number of aliphatic hydroxyl groups excluding tert-OH is 2. The van der Waals surface area contributed by atoms with Gasteiger partial charge in [0.15, 0.2) is 0 Å². The van der Waals surface area contributed by atoms with Crippen LogP contribution in [0.25, 0.3) is 0 Å². The summed E-state index contributed by atoms with van der Waals surface area (Å²) in [6, 6.07) is -0.290. The van der Waals surface area contributed by atoms with Crippen molar-refractivity contribution in [2.75, 3.05) is 26.5 Å². The molecule has 124 valence electrons. The Labute approximate surface area is 131 Å². The molecule has 6 nitrogen and oxygen atoms in total. The Balaban J connectivity index is 2.13. The van der Waals surface area contributed by atoms with E-state index in [9.17, 15) is 15.0 Å². The quantitative estimate of drug-likeness (QED) is 0.661. The van der Waals surface area contributed by atoms with Gasteiger partial charge in [-0.25, -0.2) is 4.79 Å². The average Bonchev–Trinajstić information content (AvgIpc) is 2.68. The largest absolute Gasteiger partial charge is 0.388 e. The fourth-order valence-electron chi connectivity index (χ4n) is 2.60. The normalized spacial score (nSPS) is 33.0. The highest BCUT2D eigenvalue weighted by molar-refractivity contribution is 7.72. The molecule has 0 radical (unpaired) electrons. The zero-order chi connectivity index (χ0) is 16.7. The Morgan fingerprint density at radius 1 is 1.41 bits per heavy atom. The molecule has 2 aliphatic heterocycles. The Bertz CT molecular complexity index is 554. The molecule has 3 N–H and O–H groups in total. The number of hydrogen-bond donors (Lipinski definition) is 3. The van der Waals surface area contributed by atoms with Crippen LogP contribution in [-0.4, -0.2) is 78.4 Å². The average molecular weight is 328 g/mol. The van der Waals surface area contributed by atoms with E-state index >= 15 is 0 Å². The molecule has 1 fully saturated rings. The van der Waals surface area contributed by atoms with Gasteiger partial charge in [-0.05, 0) is 25.9 Å². The molecule has 0 aromatic heterocycles. The van der Waals surface area contributed by atoms with Gasteiger partial charge in [0.1, 0.15) is 18.3 Å². The summed E-state index contributed by atoms with van der Waals surface area (Å²) in [5.41, 5.74) is 0.977. The summed E-state index contributed by atoms with van der Waals surface area (Å²) >= 11 is 0. The second-order valence-corrected chi connectivity index (χ2v) is 10.9. The van der Waals surface area contributed by atoms with E-state index in [0.717, 1.165) is 6.16 Å². The molecule has 4 atom stereocenters. The summed E-state index contributed by atoms with van der Waals surface area (Å²) < 4.78 is 5.86. The number of nitrogens with zero attached hydrogens (tertiary/aromatic N) is 1. The van der Waals surface area contributed by atoms with Crippen molar-refractivity contribution < 1.29 is 19.7 Å². The van der Waals surface area contributed by atoms with Crippen LogP contribution in [0.2, 0.25) is 0 Å². The molecule has 2 rings (SSSR count). The maximum atomic E-state index is 11.5. The van der Waals surface area contributed by atoms with Crippen LogP contribution in [0.5, 0.6) is 0 Å². The maximum Gasteiger partial charge on any atom is 0.325 e. The molecule has 7 heteroatoms. The molecule has 2 aliphatic rings. The summed E-state index contributed by atoms with van der Waals surface area (Å²) in [7, 11) is 1.60. The zero-order valence-electron chi connectivity index (χ0n) is 13.3. The van der Waals surface area contributed by atoms with E-state index in [1.165, 1.54) is 4.90 Å². The standard InChI is InChI=1S/C15H25N2O4P/c1-9-10(8-17(2)15(20)16-9)14-13(19)12(18)11(21-14)6-7-22(3,4)5/h8,11-14,18-19H,1,3,6-7H2,2,4-5H3,(H,16,20). The van der Waals surface area contributed by atoms with Crippen molar-refractivity contribution >= 4 is 19.2 Å². The van der Waals surface area contributed by atoms with E-state index in [0.29, 0.717) is 17.7 Å². The molecular formula is C15H25N2O4P. The zero-order valence-corrected chi connectivity index (χ0v) is 14.2. The van der Waals surface area contributed by atoms with Crippen LogP contribution in [-0.2, 0) is 4.74 Å². The Morgan fingerprint density at radius 3 is 2.64 bits per heavy atom. The number of urea groups is 1. The highest BCUT2D eigenvalue weighted by Gasteiger charge is 2.45. The molecule has 0 spiro atoms. The van der Waals surface area contributed by atoms with E-state index in [4.69, 9.17) is 4.74 Å². The lowest BCUT2D eigenvalue weighted by Gasteiger charge is -2.28. The molecule has 0 aliphatic carbocycles. The van der Waals surface area contributed by atoms with Crippen LogP contribution >= 0.6 is 6.89 Å². The fourth-order valence-corrected chi connectivity index (χ4v) is 3.55. The van der Waals surface area contributed by atoms with E-state index < -0.39 is 31.3 Å². The van der Waals surface area contributed by atoms with Crippen LogP contribution in [0.15, 0.2) is 24.0 Å². The lowest BCUT2D eigenvalue weighted by Crippen LogP contribution is -2.42. The summed E-state index contributed by atoms with van der Waals surface area (Å²) in [6.45, 7) is 6.82. The predicted molar refractivity (Wildman–Crippen MR) is 89.6 cm³/mol. The number of carbonyl (C=O) groups is 1. The third-order valence-corrected chi connectivity index (χ3v) is 5.42. The summed E-state index contributed by atoms with van der Waals surface area (Å²) in [5, 5.41) is 23.1. The highest BCUT2D eigenvalue weighted by atomic mass is 31.2. The Kier molecular flexibility index (Phi) is 4.87. The van der Waals surface area contributed by atoms with Gasteiger partial charge in [-0.3, -0.25) is 0 Å². The van der Waals surface area contributed by atoms with Crippen LogP contribution in [0, 0.1) is 0 Å². The van der Waals surface area contributed by atoms with Gasteiger partial charge in [0.05, 0.1) is 6.10 Å². The van der Waals surface area contributed by atoms with E-state index in [1.807, 2.05) is 0 Å². The topological polar surface area (TPSA) is 82.0 Å². The Hall–Kier alpha value is -1.07. The summed E-state index contributed by atoms with van der Waals surface area (Å²) in [5.74, 6) is 0. The Morgan fingerprint density at radius 2 is 2.05 bits per heavy atom. The van der Waals surface area contributed by atoms with Gasteiger partial charge in [-0.1, -0.05) is 6.58 Å². The van der Waals surface area contributed by atoms with Gasteiger partial charge in [0.25, 0.3) is 0 Å². The van der Waals surface area contributed by atoms with Crippen molar-refractivity contribution in [1.29, 1.82) is 0 Å². The fraction of sp³-hybridized carbons (Fsp3) is 0.600. The monoisotopic (exact) mass is 328 g/mol. The van der Waals surface area contributed by atoms with Gasteiger partial charge in [-0.2, -0.15) is 0 Å². The summed E-state index contributed by atoms with van der Waals surface area (Å²) in [4.78, 5) is 12.9. The number of amides is 2. The van der Waals surface area contributed by atoms with Crippen molar-refractivity contribution in [2.24, 2.45) is 0 Å². The van der Waals surface area contributed by atoms with Gasteiger partial charge in [0.2, 0.25) is 0 Å². The number of ether oxygens (including phenoxy) is 1. The maximum absolute atomic E-state index is 11.5. The van der Waals surface area contributed by atoms with E-state index in [1.54, 1.807) is 13.2 Å². The molecule has 22 heavy (non-hydrogen) atoms. The van der Waals surface area contributed by atoms with Crippen molar-refractivity contribution in [3.05, 3.63) is 24.0 Å². The minimum absolute atomic E-state index is 0.290. The lowest BCUT2D eigenvalue weighted by atomic mass is 9.99. The van der Waals surface area contributed by atoms with Crippen molar-refractivity contribution in [1.82, 2.24) is 10.2 Å². The van der Waals surface area contributed by atoms with Crippen molar-refractivity contribution in [2.45, 2.75) is 30.8 Å². The van der Waals surface area contributed by atoms with Crippen LogP contribution in [0.1, 0.15) is 6.42 Å². The second kappa shape index (κ2) is 6.20. The lowest BCUT2D eigenvalue weighted by molar-refractivity contribution is 0.0187. The van der Waals surface area contributed by atoms with Crippen LogP contribution in [0.4, 0.5) is 4.79 Å². The van der Waals surface area contributed by atoms with Crippen LogP contribution in [0.3, 0.4) is 0 Å². The first kappa shape index (κ1) is 17.3. The number of carbonyl (C=O) groups excluding carboxylic acids is 1. The van der Waals surface area contributed by atoms with Crippen molar-refractivity contribution in [3.63, 3.8) is 0 Å². The van der Waals surface area contributed by atoms with Gasteiger partial charge >= 0.3 is 6.03 Å². The molecular weight excluding hydrogens is 303 g/mol. The summed E-state index contributed by atoms with van der Waals surface area (Å²) in [6.07, 6.45) is 4.15. The van der Waals surface area contributed by atoms with Gasteiger partial charge < -0.3 is 25.2 Å². The number of aliphatic hydroxyl groups is 2. The van der Waals surface area contributed by atoms with Gasteiger partial charge in [-0.15, -0.1) is 13.2 Å². The SMILES string of the molecule is C=C1NC(=O)N(C)C=C1C1OC(CCP(=C)(C)C)C(O)C1O. The van der Waals surface area contributed by atoms with Crippen LogP contribution < -0.4 is 5.32 Å². The first-order valence-corrected chi connectivity index (χ1v) is 10.3. The molecule has 2 heterocycles. The van der Waals surface area contributed by atoms with E-state index in [2.05, 4.69) is 31.5 Å². The minimum atomic E-state index is -1.22. The second-order valence-electron chi connectivity index (χ2n) is 6.63. The van der Waals surface area contributed by atoms with Crippen molar-refractivity contribution in [3.8, 4) is 0 Å². The third-order valence-electron chi connectivity index (χ3n) is 3.95. The first-order chi connectivity index (χ1) is 10.1. The molecule has 0 aromatic carbocycles. The first-order valence-electron chi connectivity index (χ1n) is 7.24.